The van der Waals surface area contributed by atoms with Crippen LogP contribution < -0.4 is 10.6 Å². The molecule has 1 aliphatic rings. The van der Waals surface area contributed by atoms with Gasteiger partial charge in [0.1, 0.15) is 6.04 Å². The predicted octanol–water partition coefficient (Wildman–Crippen LogP) is 3.66. The standard InChI is InChI=1S/C28H48N4O2/c1-20(2)22(19-32-17-13-14-18-32)31(9)26(34)24(27(3,4)5)30-25(33)23(29-8)28(6,7)21-15-11-10-12-16-21/h10-12,15-16,20,22-24,29H,13-14,17-19H2,1-9H3,(H,30,33)/t22-,23?,24?/m1/s1. The largest absolute Gasteiger partial charge is 0.342 e. The molecule has 6 heteroatoms. The summed E-state index contributed by atoms with van der Waals surface area (Å²) in [5, 5.41) is 6.36. The first-order valence-corrected chi connectivity index (χ1v) is 12.8. The molecule has 0 aromatic heterocycles. The van der Waals surface area contributed by atoms with Crippen LogP contribution in [0, 0.1) is 11.3 Å². The van der Waals surface area contributed by atoms with Gasteiger partial charge in [-0.15, -0.1) is 0 Å². The minimum Gasteiger partial charge on any atom is -0.342 e. The Labute approximate surface area is 207 Å². The Bertz CT molecular complexity index is 794. The van der Waals surface area contributed by atoms with Crippen molar-refractivity contribution >= 4 is 11.8 Å². The maximum atomic E-state index is 13.8. The fourth-order valence-corrected chi connectivity index (χ4v) is 5.11. The Balaban J connectivity index is 2.25. The molecule has 192 valence electrons. The van der Waals surface area contributed by atoms with Crippen LogP contribution in [0.3, 0.4) is 0 Å². The molecule has 2 N–H and O–H groups in total. The Morgan fingerprint density at radius 1 is 1.00 bits per heavy atom. The zero-order valence-electron chi connectivity index (χ0n) is 22.9. The Kier molecular flexibility index (Phi) is 9.72. The molecule has 3 atom stereocenters. The monoisotopic (exact) mass is 472 g/mol. The van der Waals surface area contributed by atoms with Crippen molar-refractivity contribution in [2.75, 3.05) is 33.7 Å². The Morgan fingerprint density at radius 2 is 1.56 bits per heavy atom. The second-order valence-corrected chi connectivity index (χ2v) is 11.9. The van der Waals surface area contributed by atoms with Crippen LogP contribution in [-0.2, 0) is 15.0 Å². The molecule has 2 rings (SSSR count). The van der Waals surface area contributed by atoms with Gasteiger partial charge >= 0.3 is 0 Å². The van der Waals surface area contributed by atoms with Gasteiger partial charge in [-0.3, -0.25) is 9.59 Å². The minimum absolute atomic E-state index is 0.0221. The molecule has 1 aromatic carbocycles. The number of carbonyl (C=O) groups is 2. The van der Waals surface area contributed by atoms with Crippen LogP contribution in [-0.4, -0.2) is 73.5 Å². The molecule has 34 heavy (non-hydrogen) atoms. The lowest BCUT2D eigenvalue weighted by molar-refractivity contribution is -0.142. The van der Waals surface area contributed by atoms with Crippen molar-refractivity contribution in [2.24, 2.45) is 11.3 Å². The fourth-order valence-electron chi connectivity index (χ4n) is 5.11. The van der Waals surface area contributed by atoms with Crippen molar-refractivity contribution in [3.05, 3.63) is 35.9 Å². The van der Waals surface area contributed by atoms with Crippen LogP contribution in [0.25, 0.3) is 0 Å². The number of amides is 2. The van der Waals surface area contributed by atoms with E-state index in [9.17, 15) is 9.59 Å². The van der Waals surface area contributed by atoms with Crippen LogP contribution >= 0.6 is 0 Å². The summed E-state index contributed by atoms with van der Waals surface area (Å²) in [5.74, 6) is 0.151. The molecule has 0 bridgehead atoms. The first kappa shape index (κ1) is 28.3. The molecule has 1 heterocycles. The van der Waals surface area contributed by atoms with Crippen LogP contribution in [0.4, 0.5) is 0 Å². The van der Waals surface area contributed by atoms with Gasteiger partial charge in [-0.25, -0.2) is 0 Å². The molecule has 1 fully saturated rings. The molecular weight excluding hydrogens is 424 g/mol. The second-order valence-electron chi connectivity index (χ2n) is 11.9. The topological polar surface area (TPSA) is 64.7 Å². The van der Waals surface area contributed by atoms with Gasteiger partial charge < -0.3 is 20.4 Å². The third-order valence-corrected chi connectivity index (χ3v) is 7.45. The third kappa shape index (κ3) is 6.82. The number of benzene rings is 1. The third-order valence-electron chi connectivity index (χ3n) is 7.45. The normalized spacial score (nSPS) is 17.9. The average molecular weight is 473 g/mol. The van der Waals surface area contributed by atoms with Gasteiger partial charge in [0.25, 0.3) is 0 Å². The van der Waals surface area contributed by atoms with Crippen molar-refractivity contribution in [1.82, 2.24) is 20.4 Å². The number of hydrogen-bond donors (Lipinski definition) is 2. The first-order valence-electron chi connectivity index (χ1n) is 12.8. The van der Waals surface area contributed by atoms with Crippen molar-refractivity contribution < 1.29 is 9.59 Å². The zero-order chi connectivity index (χ0) is 25.7. The lowest BCUT2D eigenvalue weighted by atomic mass is 9.76. The number of rotatable bonds is 10. The summed E-state index contributed by atoms with van der Waals surface area (Å²) in [6.07, 6.45) is 2.46. The number of nitrogens with one attached hydrogen (secondary N) is 2. The number of likely N-dealkylation sites (tertiary alicyclic amines) is 1. The van der Waals surface area contributed by atoms with Crippen molar-refractivity contribution in [1.29, 1.82) is 0 Å². The van der Waals surface area contributed by atoms with Crippen molar-refractivity contribution in [2.45, 2.75) is 84.8 Å². The Morgan fingerprint density at radius 3 is 2.03 bits per heavy atom. The van der Waals surface area contributed by atoms with E-state index in [-0.39, 0.29) is 17.9 Å². The lowest BCUT2D eigenvalue weighted by Crippen LogP contribution is -2.62. The highest BCUT2D eigenvalue weighted by Gasteiger charge is 2.42. The molecule has 6 nitrogen and oxygen atoms in total. The van der Waals surface area contributed by atoms with Crippen molar-refractivity contribution in [3.63, 3.8) is 0 Å². The van der Waals surface area contributed by atoms with Gasteiger partial charge in [0, 0.05) is 25.0 Å². The van der Waals surface area contributed by atoms with Gasteiger partial charge in [-0.1, -0.05) is 78.8 Å². The van der Waals surface area contributed by atoms with Gasteiger partial charge in [0.15, 0.2) is 0 Å². The molecule has 2 unspecified atom stereocenters. The Hall–Kier alpha value is -1.92. The van der Waals surface area contributed by atoms with Gasteiger partial charge in [-0.2, -0.15) is 0 Å². The SMILES string of the molecule is CNC(C(=O)NC(C(=O)N(C)[C@H](CN1CCCC1)C(C)C)C(C)(C)C)C(C)(C)c1ccccc1. The zero-order valence-corrected chi connectivity index (χ0v) is 22.9. The maximum Gasteiger partial charge on any atom is 0.245 e. The van der Waals surface area contributed by atoms with Gasteiger partial charge in [0.2, 0.25) is 11.8 Å². The summed E-state index contributed by atoms with van der Waals surface area (Å²) < 4.78 is 0. The number of carbonyl (C=O) groups excluding carboxylic acids is 2. The van der Waals surface area contributed by atoms with Crippen molar-refractivity contribution in [3.8, 4) is 0 Å². The van der Waals surface area contributed by atoms with E-state index in [1.165, 1.54) is 12.8 Å². The first-order chi connectivity index (χ1) is 15.8. The quantitative estimate of drug-likeness (QED) is 0.545. The highest BCUT2D eigenvalue weighted by molar-refractivity contribution is 5.91. The highest BCUT2D eigenvalue weighted by Crippen LogP contribution is 2.29. The van der Waals surface area contributed by atoms with E-state index < -0.39 is 22.9 Å². The molecule has 1 aliphatic heterocycles. The fraction of sp³-hybridized carbons (Fsp3) is 0.714. The van der Waals surface area contributed by atoms with Crippen LogP contribution in [0.5, 0.6) is 0 Å². The van der Waals surface area contributed by atoms with E-state index in [4.69, 9.17) is 0 Å². The average Bonchev–Trinajstić information content (AvgIpc) is 3.28. The highest BCUT2D eigenvalue weighted by atomic mass is 16.2. The van der Waals surface area contributed by atoms with Crippen LogP contribution in [0.15, 0.2) is 30.3 Å². The molecule has 0 saturated carbocycles. The van der Waals surface area contributed by atoms with E-state index in [1.54, 1.807) is 7.05 Å². The molecule has 0 aliphatic carbocycles. The maximum absolute atomic E-state index is 13.8. The second kappa shape index (κ2) is 11.7. The molecular formula is C28H48N4O2. The van der Waals surface area contributed by atoms with Crippen LogP contribution in [0.2, 0.25) is 0 Å². The predicted molar refractivity (Wildman–Crippen MR) is 141 cm³/mol. The lowest BCUT2D eigenvalue weighted by Gasteiger charge is -2.41. The molecule has 0 radical (unpaired) electrons. The smallest absolute Gasteiger partial charge is 0.245 e. The summed E-state index contributed by atoms with van der Waals surface area (Å²) in [4.78, 5) is 31.8. The summed E-state index contributed by atoms with van der Waals surface area (Å²) in [6, 6.07) is 9.05. The summed E-state index contributed by atoms with van der Waals surface area (Å²) in [7, 11) is 3.71. The van der Waals surface area contributed by atoms with E-state index >= 15 is 0 Å². The van der Waals surface area contributed by atoms with E-state index in [0.717, 1.165) is 25.2 Å². The summed E-state index contributed by atoms with van der Waals surface area (Å²) in [5.41, 5.74) is 0.199. The number of nitrogens with zero attached hydrogens (tertiary/aromatic N) is 2. The molecule has 1 aromatic rings. The molecule has 1 saturated heterocycles. The van der Waals surface area contributed by atoms with Crippen LogP contribution in [0.1, 0.15) is 66.9 Å². The van der Waals surface area contributed by atoms with Gasteiger partial charge in [0.05, 0.1) is 6.04 Å². The minimum atomic E-state index is -0.618. The number of hydrogen-bond acceptors (Lipinski definition) is 4. The molecule has 2 amide bonds. The summed E-state index contributed by atoms with van der Waals surface area (Å²) >= 11 is 0. The number of likely N-dealkylation sites (N-methyl/N-ethyl adjacent to an activating group) is 2. The molecule has 0 spiro atoms. The van der Waals surface area contributed by atoms with Gasteiger partial charge in [-0.05, 0) is 49.9 Å². The van der Waals surface area contributed by atoms with E-state index in [1.807, 2.05) is 63.1 Å². The van der Waals surface area contributed by atoms with E-state index in [0.29, 0.717) is 5.92 Å². The summed E-state index contributed by atoms with van der Waals surface area (Å²) in [6.45, 7) is 17.6. The van der Waals surface area contributed by atoms with E-state index in [2.05, 4.69) is 43.2 Å².